The van der Waals surface area contributed by atoms with Crippen LogP contribution in [0, 0.1) is 0 Å². The van der Waals surface area contributed by atoms with E-state index in [1.165, 1.54) is 13.8 Å². The summed E-state index contributed by atoms with van der Waals surface area (Å²) in [4.78, 5) is 31.7. The van der Waals surface area contributed by atoms with Crippen LogP contribution in [0.25, 0.3) is 10.3 Å². The normalized spacial score (nSPS) is 11.7. The predicted molar refractivity (Wildman–Crippen MR) is 140 cm³/mol. The van der Waals surface area contributed by atoms with Crippen LogP contribution in [0.1, 0.15) is 69.0 Å². The van der Waals surface area contributed by atoms with E-state index in [1.54, 1.807) is 0 Å². The summed E-state index contributed by atoms with van der Waals surface area (Å²) in [5.41, 5.74) is -8.12. The third kappa shape index (κ3) is 7.72. The molecule has 5 aromatic heterocycles. The summed E-state index contributed by atoms with van der Waals surface area (Å²) in [7, 11) is 0. The number of hydrogen-bond donors (Lipinski definition) is 0. The van der Waals surface area contributed by atoms with Crippen LogP contribution in [0.2, 0.25) is 0 Å². The van der Waals surface area contributed by atoms with Crippen LogP contribution in [0.5, 0.6) is 11.8 Å². The molecule has 48 heavy (non-hydrogen) atoms. The van der Waals surface area contributed by atoms with Gasteiger partial charge in [0.05, 0.1) is 24.8 Å². The van der Waals surface area contributed by atoms with E-state index in [2.05, 4.69) is 29.8 Å². The maximum absolute atomic E-state index is 14.4. The van der Waals surface area contributed by atoms with Gasteiger partial charge in [-0.05, 0) is 37.1 Å². The second kappa shape index (κ2) is 15.5. The topological polar surface area (TPSA) is 186 Å². The van der Waals surface area contributed by atoms with E-state index in [-0.39, 0.29) is 93.1 Å². The van der Waals surface area contributed by atoms with E-state index in [1.807, 2.05) is 0 Å². The zero-order valence-electron chi connectivity index (χ0n) is 24.7. The number of thiazole rings is 2. The fourth-order valence-corrected chi connectivity index (χ4v) is 6.05. The van der Waals surface area contributed by atoms with Gasteiger partial charge in [-0.15, -0.1) is 27.8 Å². The average molecular weight is 755 g/mol. The van der Waals surface area contributed by atoms with Crippen molar-refractivity contribution in [2.75, 3.05) is 13.2 Å². The molecule has 0 radical (unpaired) electrons. The molecule has 0 aliphatic carbocycles. The van der Waals surface area contributed by atoms with E-state index >= 15 is 0 Å². The number of carbonyl (C=O) groups is 2. The molecule has 244 valence electrons. The van der Waals surface area contributed by atoms with Crippen LogP contribution in [-0.4, -0.2) is 64.3 Å². The van der Waals surface area contributed by atoms with Crippen LogP contribution in [0.4, 0.5) is 26.3 Å². The van der Waals surface area contributed by atoms with E-state index in [4.69, 9.17) is 9.47 Å². The van der Waals surface area contributed by atoms with Gasteiger partial charge < -0.3 is 19.7 Å². The summed E-state index contributed by atoms with van der Waals surface area (Å²) < 4.78 is 100. The minimum absolute atomic E-state index is 0. The minimum atomic E-state index is -5.45. The smallest absolute Gasteiger partial charge is 0.858 e. The summed E-state index contributed by atoms with van der Waals surface area (Å²) in [6.07, 6.45) is -10.9. The Balaban J connectivity index is 0.00000312. The van der Waals surface area contributed by atoms with Crippen molar-refractivity contribution in [3.63, 3.8) is 0 Å². The average Bonchev–Trinajstić information content (AvgIpc) is 3.80. The molecule has 0 atom stereocenters. The molecule has 0 aromatic carbocycles. The molecule has 0 aliphatic heterocycles. The number of hydrogen-bond acceptors (Lipinski definition) is 15. The van der Waals surface area contributed by atoms with E-state index in [9.17, 15) is 46.1 Å². The van der Waals surface area contributed by atoms with Gasteiger partial charge in [-0.1, -0.05) is 4.49 Å². The van der Waals surface area contributed by atoms with Crippen LogP contribution in [0.15, 0.2) is 16.1 Å². The van der Waals surface area contributed by atoms with Gasteiger partial charge in [-0.3, -0.25) is 0 Å². The van der Waals surface area contributed by atoms with Gasteiger partial charge in [0, 0.05) is 27.3 Å². The summed E-state index contributed by atoms with van der Waals surface area (Å²) in [6, 6.07) is 0. The van der Waals surface area contributed by atoms with E-state index < -0.39 is 80.4 Å². The Morgan fingerprint density at radius 3 is 1.54 bits per heavy atom. The Morgan fingerprint density at radius 1 is 0.792 bits per heavy atom. The molecular weight excluding hydrogens is 740 g/mol. The molecule has 25 heteroatoms. The van der Waals surface area contributed by atoms with Gasteiger partial charge >= 0.3 is 83.4 Å². The molecule has 0 saturated carbocycles. The maximum Gasteiger partial charge on any atom is 1.00 e. The summed E-state index contributed by atoms with van der Waals surface area (Å²) in [5, 5.41) is 39.5. The monoisotopic (exact) mass is 754 g/mol. The SMILES string of the molecule is CCOC(=O)c1csc(-n2nc(C(F)(F)F)c(C(c3csnn3)c3c(C(F)(F)F)nn(-c4nc(C(=O)OCC)cs4)c3[O-])c2[O-])n1.[Na+].[Na+]. The molecule has 0 N–H and O–H groups in total. The van der Waals surface area contributed by atoms with Crippen molar-refractivity contribution in [2.45, 2.75) is 32.1 Å². The van der Waals surface area contributed by atoms with Gasteiger partial charge in [0.25, 0.3) is 0 Å². The molecule has 0 saturated heterocycles. The Bertz CT molecular complexity index is 1790. The van der Waals surface area contributed by atoms with Gasteiger partial charge in [0.15, 0.2) is 22.8 Å². The second-order valence-electron chi connectivity index (χ2n) is 8.69. The molecule has 0 bridgehead atoms. The number of carbonyl (C=O) groups excluding carboxylic acids is 2. The number of esters is 2. The van der Waals surface area contributed by atoms with Crippen LogP contribution in [0.3, 0.4) is 0 Å². The number of ether oxygens (including phenoxy) is 2. The molecule has 0 fully saturated rings. The summed E-state index contributed by atoms with van der Waals surface area (Å²) >= 11 is 1.56. The van der Waals surface area contributed by atoms with Gasteiger partial charge in [0.2, 0.25) is 10.3 Å². The largest absolute Gasteiger partial charge is 1.00 e. The molecule has 5 aromatic rings. The number of nitrogens with zero attached hydrogens (tertiary/aromatic N) is 8. The number of alkyl halides is 6. The zero-order valence-corrected chi connectivity index (χ0v) is 31.2. The molecule has 5 rings (SSSR count). The van der Waals surface area contributed by atoms with Crippen LogP contribution < -0.4 is 69.3 Å². The molecule has 0 spiro atoms. The maximum atomic E-state index is 14.4. The standard InChI is InChI=1S/C23H16F6N8O6S3.2Na/c1-3-42-18(40)9-5-44-20(30-9)36-16(38)12(14(33-36)22(24,25)26)11(8-7-46-35-32-8)13-15(23(27,28)29)34-37(17(13)39)21-31-10(6-45-21)19(41)43-4-2;;/h5-7,11,38-39H,3-4H2,1-2H3;;/q;2*+1/p-2. The first-order chi connectivity index (χ1) is 21.7. The van der Waals surface area contributed by atoms with E-state index in [0.29, 0.717) is 34.2 Å². The molecule has 0 unspecified atom stereocenters. The van der Waals surface area contributed by atoms with Crippen molar-refractivity contribution < 1.29 is 115 Å². The van der Waals surface area contributed by atoms with Crippen molar-refractivity contribution in [2.24, 2.45) is 0 Å². The van der Waals surface area contributed by atoms with Gasteiger partial charge in [-0.25, -0.2) is 28.9 Å². The molecule has 0 amide bonds. The van der Waals surface area contributed by atoms with E-state index in [0.717, 1.165) is 16.1 Å². The first kappa shape index (κ1) is 39.8. The number of rotatable bonds is 9. The first-order valence-corrected chi connectivity index (χ1v) is 15.0. The van der Waals surface area contributed by atoms with Crippen molar-refractivity contribution in [1.29, 1.82) is 0 Å². The second-order valence-corrected chi connectivity index (χ2v) is 11.0. The van der Waals surface area contributed by atoms with Gasteiger partial charge in [-0.2, -0.15) is 36.5 Å². The molecule has 5 heterocycles. The van der Waals surface area contributed by atoms with Crippen molar-refractivity contribution in [3.8, 4) is 22.0 Å². The summed E-state index contributed by atoms with van der Waals surface area (Å²) in [5.74, 6) is -7.61. The molecular formula is C23H14F6N8Na2O6S3. The van der Waals surface area contributed by atoms with Gasteiger partial charge in [0.1, 0.15) is 0 Å². The first-order valence-electron chi connectivity index (χ1n) is 12.4. The van der Waals surface area contributed by atoms with Crippen LogP contribution >= 0.6 is 34.2 Å². The number of aromatic nitrogens is 8. The molecule has 0 aliphatic rings. The quantitative estimate of drug-likeness (QED) is 0.0881. The molecule has 14 nitrogen and oxygen atoms in total. The van der Waals surface area contributed by atoms with Crippen molar-refractivity contribution in [1.82, 2.24) is 39.1 Å². The predicted octanol–water partition coefficient (Wildman–Crippen LogP) is -2.45. The van der Waals surface area contributed by atoms with Crippen molar-refractivity contribution in [3.05, 3.63) is 55.7 Å². The zero-order chi connectivity index (χ0) is 33.6. The van der Waals surface area contributed by atoms with Crippen LogP contribution in [-0.2, 0) is 21.8 Å². The Morgan fingerprint density at radius 2 is 1.21 bits per heavy atom. The fourth-order valence-electron chi connectivity index (χ4n) is 4.09. The Hall–Kier alpha value is -2.64. The van der Waals surface area contributed by atoms with Crippen molar-refractivity contribution >= 4 is 46.1 Å². The summed E-state index contributed by atoms with van der Waals surface area (Å²) in [6.45, 7) is 2.84. The number of halogens is 6. The Kier molecular flexibility index (Phi) is 12.8. The third-order valence-corrected chi connectivity index (χ3v) is 8.01. The Labute approximate surface area is 320 Å². The fraction of sp³-hybridized carbons (Fsp3) is 0.304. The third-order valence-electron chi connectivity index (χ3n) is 5.86. The minimum Gasteiger partial charge on any atom is -0.858 e.